The average Bonchev–Trinajstić information content (AvgIpc) is 2.11. The minimum absolute atomic E-state index is 0.0492. The van der Waals surface area contributed by atoms with Gasteiger partial charge in [-0.25, -0.2) is 0 Å². The fourth-order valence-electron chi connectivity index (χ4n) is 1.81. The summed E-state index contributed by atoms with van der Waals surface area (Å²) in [6, 6.07) is 0. The van der Waals surface area contributed by atoms with E-state index in [1.54, 1.807) is 0 Å². The molecule has 0 aromatic heterocycles. The fraction of sp³-hybridized carbons (Fsp3) is 0.769. The summed E-state index contributed by atoms with van der Waals surface area (Å²) in [6.45, 7) is 8.74. The second-order valence-corrected chi connectivity index (χ2v) is 10.6. The molecule has 1 aliphatic heterocycles. The van der Waals surface area contributed by atoms with E-state index in [4.69, 9.17) is 4.74 Å². The first kappa shape index (κ1) is 13.3. The molecule has 0 saturated carbocycles. The van der Waals surface area contributed by atoms with Gasteiger partial charge in [0.2, 0.25) is 0 Å². The lowest BCUT2D eigenvalue weighted by atomic mass is 9.91. The van der Waals surface area contributed by atoms with Gasteiger partial charge in [-0.2, -0.15) is 0 Å². The lowest BCUT2D eigenvalue weighted by molar-refractivity contribution is -0.165. The number of cyclic esters (lactones) is 1. The maximum absolute atomic E-state index is 11.2. The number of esters is 1. The largest absolute Gasteiger partial charge is 0.459 e. The number of hydrogen-bond acceptors (Lipinski definition) is 2. The van der Waals surface area contributed by atoms with Crippen LogP contribution < -0.4 is 0 Å². The van der Waals surface area contributed by atoms with Crippen molar-refractivity contribution in [3.63, 3.8) is 0 Å². The van der Waals surface area contributed by atoms with E-state index in [0.29, 0.717) is 6.42 Å². The van der Waals surface area contributed by atoms with Crippen LogP contribution in [0.25, 0.3) is 0 Å². The highest BCUT2D eigenvalue weighted by Crippen LogP contribution is 2.29. The van der Waals surface area contributed by atoms with Crippen molar-refractivity contribution < 1.29 is 9.53 Å². The van der Waals surface area contributed by atoms with Crippen LogP contribution in [-0.4, -0.2) is 19.6 Å². The maximum Gasteiger partial charge on any atom is 0.306 e. The van der Waals surface area contributed by atoms with E-state index in [2.05, 4.69) is 31.1 Å². The molecule has 0 amide bonds. The molecule has 0 bridgehead atoms. The molecule has 1 fully saturated rings. The van der Waals surface area contributed by atoms with E-state index in [9.17, 15) is 4.79 Å². The highest BCUT2D eigenvalue weighted by atomic mass is 28.3. The van der Waals surface area contributed by atoms with Gasteiger partial charge in [0.05, 0.1) is 0 Å². The van der Waals surface area contributed by atoms with Crippen LogP contribution in [0.3, 0.4) is 0 Å². The Balaban J connectivity index is 2.41. The zero-order valence-electron chi connectivity index (χ0n) is 10.9. The predicted molar refractivity (Wildman–Crippen MR) is 68.7 cm³/mol. The zero-order valence-corrected chi connectivity index (χ0v) is 11.9. The summed E-state index contributed by atoms with van der Waals surface area (Å²) in [7, 11) is -1.25. The van der Waals surface area contributed by atoms with E-state index in [-0.39, 0.29) is 11.6 Å². The van der Waals surface area contributed by atoms with Gasteiger partial charge in [-0.3, -0.25) is 4.79 Å². The van der Waals surface area contributed by atoms with Crippen LogP contribution in [-0.2, 0) is 9.53 Å². The van der Waals surface area contributed by atoms with Crippen LogP contribution in [0.2, 0.25) is 19.6 Å². The van der Waals surface area contributed by atoms with Crippen molar-refractivity contribution in [1.29, 1.82) is 0 Å². The van der Waals surface area contributed by atoms with Crippen LogP contribution in [0.15, 0.2) is 0 Å². The summed E-state index contributed by atoms with van der Waals surface area (Å²) < 4.78 is 5.41. The fourth-order valence-corrected chi connectivity index (χ4v) is 2.47. The molecule has 1 atom stereocenters. The van der Waals surface area contributed by atoms with Crippen LogP contribution in [0, 0.1) is 11.5 Å². The molecule has 16 heavy (non-hydrogen) atoms. The molecule has 0 aliphatic carbocycles. The minimum Gasteiger partial charge on any atom is -0.459 e. The highest BCUT2D eigenvalue weighted by Gasteiger charge is 2.31. The summed E-state index contributed by atoms with van der Waals surface area (Å²) in [5.74, 6) is 3.18. The topological polar surface area (TPSA) is 26.3 Å². The van der Waals surface area contributed by atoms with Gasteiger partial charge in [-0.1, -0.05) is 19.6 Å². The Morgan fingerprint density at radius 2 is 2.12 bits per heavy atom. The average molecular weight is 238 g/mol. The van der Waals surface area contributed by atoms with Crippen molar-refractivity contribution >= 4 is 14.0 Å². The van der Waals surface area contributed by atoms with Crippen molar-refractivity contribution in [2.45, 2.75) is 64.3 Å². The van der Waals surface area contributed by atoms with Crippen molar-refractivity contribution in [2.75, 3.05) is 0 Å². The van der Waals surface area contributed by atoms with Gasteiger partial charge in [0, 0.05) is 12.8 Å². The number of rotatable bonds is 2. The first-order valence-corrected chi connectivity index (χ1v) is 9.53. The normalized spacial score (nSPS) is 25.6. The Labute approximate surface area is 99.8 Å². The molecule has 0 aromatic carbocycles. The van der Waals surface area contributed by atoms with Gasteiger partial charge in [-0.15, -0.1) is 11.5 Å². The molecule has 1 heterocycles. The van der Waals surface area contributed by atoms with E-state index in [1.807, 2.05) is 6.92 Å². The summed E-state index contributed by atoms with van der Waals surface area (Å²) >= 11 is 0. The Morgan fingerprint density at radius 3 is 2.69 bits per heavy atom. The Bertz CT molecular complexity index is 319. The summed E-state index contributed by atoms with van der Waals surface area (Å²) in [4.78, 5) is 11.2. The summed E-state index contributed by atoms with van der Waals surface area (Å²) in [5, 5.41) is 0. The molecule has 0 N–H and O–H groups in total. The van der Waals surface area contributed by atoms with Gasteiger partial charge in [0.1, 0.15) is 13.7 Å². The first-order valence-electron chi connectivity index (χ1n) is 6.03. The Hall–Kier alpha value is -0.753. The molecule has 1 rings (SSSR count). The van der Waals surface area contributed by atoms with E-state index in [1.165, 1.54) is 0 Å². The van der Waals surface area contributed by atoms with Gasteiger partial charge < -0.3 is 4.74 Å². The number of carbonyl (C=O) groups excluding carboxylic acids is 1. The number of ether oxygens (including phenoxy) is 1. The number of hydrogen-bond donors (Lipinski definition) is 0. The SMILES string of the molecule is CC1(CCC#C[Si](C)(C)C)CCCC(=O)O1. The van der Waals surface area contributed by atoms with Crippen molar-refractivity contribution in [3.05, 3.63) is 0 Å². The van der Waals surface area contributed by atoms with Crippen molar-refractivity contribution in [3.8, 4) is 11.5 Å². The molecule has 0 radical (unpaired) electrons. The zero-order chi connectivity index (χ0) is 12.2. The van der Waals surface area contributed by atoms with Crippen LogP contribution in [0.4, 0.5) is 0 Å². The van der Waals surface area contributed by atoms with Crippen LogP contribution >= 0.6 is 0 Å². The predicted octanol–water partition coefficient (Wildman–Crippen LogP) is 3.13. The third kappa shape index (κ3) is 4.85. The summed E-state index contributed by atoms with van der Waals surface area (Å²) in [5.41, 5.74) is 3.08. The van der Waals surface area contributed by atoms with Crippen molar-refractivity contribution in [1.82, 2.24) is 0 Å². The second kappa shape index (κ2) is 5.05. The van der Waals surface area contributed by atoms with Crippen LogP contribution in [0.1, 0.15) is 39.0 Å². The molecule has 1 saturated heterocycles. The molecule has 3 heteroatoms. The second-order valence-electron chi connectivity index (χ2n) is 5.83. The smallest absolute Gasteiger partial charge is 0.306 e. The van der Waals surface area contributed by atoms with Gasteiger partial charge in [0.25, 0.3) is 0 Å². The van der Waals surface area contributed by atoms with Gasteiger partial charge in [0.15, 0.2) is 0 Å². The quantitative estimate of drug-likeness (QED) is 0.420. The lowest BCUT2D eigenvalue weighted by Gasteiger charge is -2.32. The standard InChI is InChI=1S/C13H22O2Si/c1-13(10-7-8-12(14)15-13)9-5-6-11-16(2,3)4/h5,7-10H2,1-4H3. The molecular weight excluding hydrogens is 216 g/mol. The van der Waals surface area contributed by atoms with E-state index in [0.717, 1.165) is 25.7 Å². The summed E-state index contributed by atoms with van der Waals surface area (Å²) in [6.07, 6.45) is 4.23. The van der Waals surface area contributed by atoms with Crippen LogP contribution in [0.5, 0.6) is 0 Å². The third-order valence-electron chi connectivity index (χ3n) is 2.69. The molecule has 1 aliphatic rings. The lowest BCUT2D eigenvalue weighted by Crippen LogP contribution is -2.35. The maximum atomic E-state index is 11.2. The van der Waals surface area contributed by atoms with Gasteiger partial charge >= 0.3 is 5.97 Å². The number of carbonyl (C=O) groups is 1. The monoisotopic (exact) mass is 238 g/mol. The Morgan fingerprint density at radius 1 is 1.44 bits per heavy atom. The van der Waals surface area contributed by atoms with E-state index < -0.39 is 8.07 Å². The molecule has 0 spiro atoms. The van der Waals surface area contributed by atoms with E-state index >= 15 is 0 Å². The molecule has 2 nitrogen and oxygen atoms in total. The molecule has 0 aromatic rings. The third-order valence-corrected chi connectivity index (χ3v) is 3.62. The molecular formula is C13H22O2Si. The highest BCUT2D eigenvalue weighted by molar-refractivity contribution is 6.83. The Kier molecular flexibility index (Phi) is 4.20. The van der Waals surface area contributed by atoms with Gasteiger partial charge in [-0.05, 0) is 26.2 Å². The first-order chi connectivity index (χ1) is 7.31. The molecule has 1 unspecified atom stereocenters. The molecule has 90 valence electrons. The van der Waals surface area contributed by atoms with Crippen molar-refractivity contribution in [2.24, 2.45) is 0 Å². The minimum atomic E-state index is -1.25.